The van der Waals surface area contributed by atoms with Gasteiger partial charge in [-0.15, -0.1) is 0 Å². The van der Waals surface area contributed by atoms with Crippen molar-refractivity contribution in [2.75, 3.05) is 26.7 Å². The summed E-state index contributed by atoms with van der Waals surface area (Å²) < 4.78 is 0. The first-order valence-electron chi connectivity index (χ1n) is 8.68. The highest BCUT2D eigenvalue weighted by Crippen LogP contribution is 2.17. The largest absolute Gasteiger partial charge is 0.303 e. The maximum atomic E-state index is 4.42. The third-order valence-corrected chi connectivity index (χ3v) is 4.88. The second kappa shape index (κ2) is 8.23. The van der Waals surface area contributed by atoms with E-state index in [1.165, 1.54) is 37.2 Å². The lowest BCUT2D eigenvalue weighted by Gasteiger charge is -2.36. The van der Waals surface area contributed by atoms with Crippen LogP contribution in [0.15, 0.2) is 54.7 Å². The Morgan fingerprint density at radius 3 is 2.48 bits per heavy atom. The van der Waals surface area contributed by atoms with Crippen LogP contribution in [0.3, 0.4) is 0 Å². The van der Waals surface area contributed by atoms with Crippen LogP contribution in [-0.4, -0.2) is 47.5 Å². The van der Waals surface area contributed by atoms with E-state index in [9.17, 15) is 0 Å². The predicted octanol–water partition coefficient (Wildman–Crippen LogP) is 3.22. The first-order valence-corrected chi connectivity index (χ1v) is 8.68. The van der Waals surface area contributed by atoms with Crippen LogP contribution in [0.5, 0.6) is 0 Å². The molecule has 1 aliphatic heterocycles. The summed E-state index contributed by atoms with van der Waals surface area (Å²) in [4.78, 5) is 9.52. The van der Waals surface area contributed by atoms with Gasteiger partial charge in [0.2, 0.25) is 0 Å². The third-order valence-electron chi connectivity index (χ3n) is 4.88. The summed E-state index contributed by atoms with van der Waals surface area (Å²) in [6.45, 7) is 4.59. The van der Waals surface area contributed by atoms with E-state index in [0.717, 1.165) is 19.5 Å². The molecule has 0 aliphatic carbocycles. The fourth-order valence-electron chi connectivity index (χ4n) is 3.38. The number of piperidine rings is 1. The molecule has 2 heterocycles. The average Bonchev–Trinajstić information content (AvgIpc) is 2.62. The maximum Gasteiger partial charge on any atom is 0.0416 e. The summed E-state index contributed by atoms with van der Waals surface area (Å²) in [5.41, 5.74) is 2.62. The molecule has 3 rings (SSSR count). The van der Waals surface area contributed by atoms with Gasteiger partial charge in [-0.1, -0.05) is 36.4 Å². The number of rotatable bonds is 6. The Kier molecular flexibility index (Phi) is 5.78. The number of hydrogen-bond acceptors (Lipinski definition) is 3. The van der Waals surface area contributed by atoms with Crippen molar-refractivity contribution >= 4 is 0 Å². The molecule has 0 N–H and O–H groups in total. The summed E-state index contributed by atoms with van der Waals surface area (Å²) in [5.74, 6) is 0. The number of pyridine rings is 1. The van der Waals surface area contributed by atoms with Gasteiger partial charge in [-0.25, -0.2) is 0 Å². The molecule has 0 atom stereocenters. The minimum atomic E-state index is 0.714. The second-order valence-corrected chi connectivity index (χ2v) is 6.54. The molecule has 122 valence electrons. The van der Waals surface area contributed by atoms with E-state index < -0.39 is 0 Å². The Bertz CT molecular complexity index is 562. The lowest BCUT2D eigenvalue weighted by atomic mass is 10.0. The third kappa shape index (κ3) is 4.88. The molecule has 1 fully saturated rings. The van der Waals surface area contributed by atoms with E-state index in [0.29, 0.717) is 6.04 Å². The van der Waals surface area contributed by atoms with Crippen molar-refractivity contribution in [1.29, 1.82) is 0 Å². The summed E-state index contributed by atoms with van der Waals surface area (Å²) >= 11 is 0. The Hall–Kier alpha value is -1.71. The molecular formula is C20H27N3. The van der Waals surface area contributed by atoms with Crippen molar-refractivity contribution in [3.05, 3.63) is 66.0 Å². The van der Waals surface area contributed by atoms with Gasteiger partial charge < -0.3 is 4.90 Å². The minimum Gasteiger partial charge on any atom is -0.303 e. The molecule has 1 aromatic carbocycles. The Morgan fingerprint density at radius 2 is 1.78 bits per heavy atom. The lowest BCUT2D eigenvalue weighted by molar-refractivity contribution is 0.124. The summed E-state index contributed by atoms with van der Waals surface area (Å²) in [6.07, 6.45) is 5.47. The fraction of sp³-hybridized carbons (Fsp3) is 0.450. The first-order chi connectivity index (χ1) is 11.3. The molecule has 0 bridgehead atoms. The van der Waals surface area contributed by atoms with Gasteiger partial charge in [-0.05, 0) is 50.7 Å². The van der Waals surface area contributed by atoms with E-state index in [4.69, 9.17) is 0 Å². The zero-order valence-electron chi connectivity index (χ0n) is 14.1. The van der Waals surface area contributed by atoms with Crippen LogP contribution >= 0.6 is 0 Å². The van der Waals surface area contributed by atoms with Gasteiger partial charge in [-0.2, -0.15) is 0 Å². The Labute approximate surface area is 140 Å². The van der Waals surface area contributed by atoms with Gasteiger partial charge >= 0.3 is 0 Å². The second-order valence-electron chi connectivity index (χ2n) is 6.54. The van der Waals surface area contributed by atoms with Gasteiger partial charge in [0.15, 0.2) is 0 Å². The van der Waals surface area contributed by atoms with Crippen LogP contribution in [0.2, 0.25) is 0 Å². The van der Waals surface area contributed by atoms with Crippen LogP contribution in [0.1, 0.15) is 24.1 Å². The molecule has 2 aromatic rings. The van der Waals surface area contributed by atoms with Gasteiger partial charge in [0.05, 0.1) is 0 Å². The highest BCUT2D eigenvalue weighted by atomic mass is 15.2. The molecule has 0 unspecified atom stereocenters. The average molecular weight is 309 g/mol. The molecule has 1 aliphatic rings. The van der Waals surface area contributed by atoms with Crippen LogP contribution in [0, 0.1) is 0 Å². The van der Waals surface area contributed by atoms with E-state index in [1.807, 2.05) is 12.3 Å². The SMILES string of the molecule is CN(CCc1ccccn1)C1CCN(Cc2ccccc2)CC1. The van der Waals surface area contributed by atoms with Crippen molar-refractivity contribution in [3.8, 4) is 0 Å². The molecule has 1 aromatic heterocycles. The quantitative estimate of drug-likeness (QED) is 0.817. The molecule has 0 saturated carbocycles. The molecular weight excluding hydrogens is 282 g/mol. The van der Waals surface area contributed by atoms with Crippen molar-refractivity contribution in [2.45, 2.75) is 31.8 Å². The zero-order valence-corrected chi connectivity index (χ0v) is 14.1. The van der Waals surface area contributed by atoms with Gasteiger partial charge in [-0.3, -0.25) is 9.88 Å². The molecule has 0 spiro atoms. The first kappa shape index (κ1) is 16.2. The van der Waals surface area contributed by atoms with Gasteiger partial charge in [0.1, 0.15) is 0 Å². The van der Waals surface area contributed by atoms with Crippen molar-refractivity contribution in [2.24, 2.45) is 0 Å². The van der Waals surface area contributed by atoms with E-state index in [2.05, 4.69) is 64.3 Å². The van der Waals surface area contributed by atoms with Crippen LogP contribution in [0.25, 0.3) is 0 Å². The number of nitrogens with zero attached hydrogens (tertiary/aromatic N) is 3. The standard InChI is InChI=1S/C20H27N3/c1-22(14-10-19-9-5-6-13-21-19)20-11-15-23(16-12-20)17-18-7-3-2-4-8-18/h2-9,13,20H,10-12,14-17H2,1H3. The molecule has 0 amide bonds. The van der Waals surface area contributed by atoms with Gasteiger partial charge in [0.25, 0.3) is 0 Å². The van der Waals surface area contributed by atoms with Crippen LogP contribution < -0.4 is 0 Å². The van der Waals surface area contributed by atoms with Gasteiger partial charge in [0, 0.05) is 37.4 Å². The number of likely N-dealkylation sites (tertiary alicyclic amines) is 1. The number of hydrogen-bond donors (Lipinski definition) is 0. The summed E-state index contributed by atoms with van der Waals surface area (Å²) in [6, 6.07) is 17.7. The molecule has 3 nitrogen and oxygen atoms in total. The van der Waals surface area contributed by atoms with E-state index in [1.54, 1.807) is 0 Å². The summed E-state index contributed by atoms with van der Waals surface area (Å²) in [7, 11) is 2.26. The molecule has 0 radical (unpaired) electrons. The molecule has 1 saturated heterocycles. The lowest BCUT2D eigenvalue weighted by Crippen LogP contribution is -2.43. The highest BCUT2D eigenvalue weighted by Gasteiger charge is 2.22. The topological polar surface area (TPSA) is 19.4 Å². The smallest absolute Gasteiger partial charge is 0.0416 e. The predicted molar refractivity (Wildman–Crippen MR) is 95.3 cm³/mol. The number of benzene rings is 1. The molecule has 3 heteroatoms. The van der Waals surface area contributed by atoms with E-state index in [-0.39, 0.29) is 0 Å². The van der Waals surface area contributed by atoms with Crippen LogP contribution in [-0.2, 0) is 13.0 Å². The van der Waals surface area contributed by atoms with E-state index >= 15 is 0 Å². The van der Waals surface area contributed by atoms with Crippen LogP contribution in [0.4, 0.5) is 0 Å². The molecule has 23 heavy (non-hydrogen) atoms. The Morgan fingerprint density at radius 1 is 1.04 bits per heavy atom. The Balaban J connectivity index is 1.41. The van der Waals surface area contributed by atoms with Crippen molar-refractivity contribution < 1.29 is 0 Å². The normalized spacial score (nSPS) is 16.8. The van der Waals surface area contributed by atoms with Crippen molar-refractivity contribution in [3.63, 3.8) is 0 Å². The van der Waals surface area contributed by atoms with Crippen molar-refractivity contribution in [1.82, 2.24) is 14.8 Å². The highest BCUT2D eigenvalue weighted by molar-refractivity contribution is 5.14. The monoisotopic (exact) mass is 309 g/mol. The maximum absolute atomic E-state index is 4.42. The summed E-state index contributed by atoms with van der Waals surface area (Å²) in [5, 5.41) is 0. The zero-order chi connectivity index (χ0) is 15.9. The number of likely N-dealkylation sites (N-methyl/N-ethyl adjacent to an activating group) is 1. The minimum absolute atomic E-state index is 0.714. The number of aromatic nitrogens is 1. The fourth-order valence-corrected chi connectivity index (χ4v) is 3.38.